The SMILES string of the molecule is C[C@@H](CO)NC(=O)[C@@H]1CCC[C@@H]1C(=O)O. The highest BCUT2D eigenvalue weighted by Gasteiger charge is 2.37. The van der Waals surface area contributed by atoms with Crippen LogP contribution in [0.15, 0.2) is 0 Å². The Labute approximate surface area is 88.5 Å². The highest BCUT2D eigenvalue weighted by Crippen LogP contribution is 2.32. The van der Waals surface area contributed by atoms with Gasteiger partial charge in [-0.25, -0.2) is 0 Å². The minimum absolute atomic E-state index is 0.129. The maximum atomic E-state index is 11.6. The molecule has 15 heavy (non-hydrogen) atoms. The normalized spacial score (nSPS) is 27.3. The fourth-order valence-electron chi connectivity index (χ4n) is 1.96. The van der Waals surface area contributed by atoms with Crippen molar-refractivity contribution in [3.05, 3.63) is 0 Å². The quantitative estimate of drug-likeness (QED) is 0.615. The van der Waals surface area contributed by atoms with Crippen LogP contribution in [0, 0.1) is 11.8 Å². The van der Waals surface area contributed by atoms with Gasteiger partial charge in [-0.1, -0.05) is 6.42 Å². The number of amides is 1. The van der Waals surface area contributed by atoms with Gasteiger partial charge in [-0.05, 0) is 19.8 Å². The van der Waals surface area contributed by atoms with Gasteiger partial charge < -0.3 is 15.5 Å². The van der Waals surface area contributed by atoms with Crippen LogP contribution < -0.4 is 5.32 Å². The number of carbonyl (C=O) groups excluding carboxylic acids is 1. The van der Waals surface area contributed by atoms with E-state index in [4.69, 9.17) is 10.2 Å². The summed E-state index contributed by atoms with van der Waals surface area (Å²) in [6, 6.07) is -0.312. The molecule has 0 saturated heterocycles. The number of carboxylic acid groups (broad SMARTS) is 1. The third-order valence-corrected chi connectivity index (χ3v) is 2.83. The van der Waals surface area contributed by atoms with Gasteiger partial charge >= 0.3 is 5.97 Å². The predicted molar refractivity (Wildman–Crippen MR) is 53.2 cm³/mol. The first-order valence-electron chi connectivity index (χ1n) is 5.20. The van der Waals surface area contributed by atoms with Gasteiger partial charge in [-0.2, -0.15) is 0 Å². The molecule has 1 amide bonds. The van der Waals surface area contributed by atoms with Crippen LogP contribution in [-0.4, -0.2) is 34.7 Å². The number of aliphatic hydroxyl groups excluding tert-OH is 1. The third kappa shape index (κ3) is 2.92. The number of aliphatic carboxylic acids is 1. The van der Waals surface area contributed by atoms with Crippen molar-refractivity contribution in [2.75, 3.05) is 6.61 Å². The zero-order chi connectivity index (χ0) is 11.4. The lowest BCUT2D eigenvalue weighted by molar-refractivity contribution is -0.146. The molecule has 86 valence electrons. The Kier molecular flexibility index (Phi) is 4.08. The van der Waals surface area contributed by atoms with E-state index in [1.807, 2.05) is 0 Å². The van der Waals surface area contributed by atoms with E-state index >= 15 is 0 Å². The Hall–Kier alpha value is -1.10. The second-order valence-electron chi connectivity index (χ2n) is 4.07. The Morgan fingerprint density at radius 1 is 1.40 bits per heavy atom. The molecule has 0 radical (unpaired) electrons. The summed E-state index contributed by atoms with van der Waals surface area (Å²) < 4.78 is 0. The van der Waals surface area contributed by atoms with Crippen molar-refractivity contribution < 1.29 is 19.8 Å². The van der Waals surface area contributed by atoms with Crippen molar-refractivity contribution in [2.24, 2.45) is 11.8 Å². The van der Waals surface area contributed by atoms with Crippen LogP contribution in [0.4, 0.5) is 0 Å². The number of aliphatic hydroxyl groups is 1. The minimum Gasteiger partial charge on any atom is -0.481 e. The largest absolute Gasteiger partial charge is 0.481 e. The molecule has 1 saturated carbocycles. The molecule has 0 unspecified atom stereocenters. The summed E-state index contributed by atoms with van der Waals surface area (Å²) in [5, 5.41) is 20.3. The number of carbonyl (C=O) groups is 2. The summed E-state index contributed by atoms with van der Waals surface area (Å²) in [7, 11) is 0. The summed E-state index contributed by atoms with van der Waals surface area (Å²) in [4.78, 5) is 22.5. The fourth-order valence-corrected chi connectivity index (χ4v) is 1.96. The molecule has 1 aliphatic carbocycles. The molecule has 0 bridgehead atoms. The smallest absolute Gasteiger partial charge is 0.307 e. The molecular weight excluding hydrogens is 198 g/mol. The van der Waals surface area contributed by atoms with Crippen LogP contribution in [0.2, 0.25) is 0 Å². The highest BCUT2D eigenvalue weighted by molar-refractivity contribution is 5.85. The Morgan fingerprint density at radius 2 is 2.00 bits per heavy atom. The van der Waals surface area contributed by atoms with Crippen molar-refractivity contribution in [3.8, 4) is 0 Å². The van der Waals surface area contributed by atoms with E-state index in [1.165, 1.54) is 0 Å². The van der Waals surface area contributed by atoms with E-state index in [1.54, 1.807) is 6.92 Å². The molecule has 5 heteroatoms. The van der Waals surface area contributed by atoms with Crippen LogP contribution in [0.3, 0.4) is 0 Å². The van der Waals surface area contributed by atoms with Gasteiger partial charge in [0.2, 0.25) is 5.91 Å². The van der Waals surface area contributed by atoms with Crippen molar-refractivity contribution in [2.45, 2.75) is 32.2 Å². The van der Waals surface area contributed by atoms with Crippen LogP contribution in [-0.2, 0) is 9.59 Å². The van der Waals surface area contributed by atoms with Crippen molar-refractivity contribution in [1.82, 2.24) is 5.32 Å². The average molecular weight is 215 g/mol. The molecule has 0 spiro atoms. The van der Waals surface area contributed by atoms with Gasteiger partial charge in [0.1, 0.15) is 0 Å². The van der Waals surface area contributed by atoms with E-state index in [0.717, 1.165) is 6.42 Å². The van der Waals surface area contributed by atoms with E-state index in [2.05, 4.69) is 5.32 Å². The molecule has 1 rings (SSSR count). The third-order valence-electron chi connectivity index (χ3n) is 2.83. The maximum Gasteiger partial charge on any atom is 0.307 e. The van der Waals surface area contributed by atoms with E-state index < -0.39 is 17.8 Å². The average Bonchev–Trinajstić information content (AvgIpc) is 2.65. The van der Waals surface area contributed by atoms with Gasteiger partial charge in [0.15, 0.2) is 0 Å². The Morgan fingerprint density at radius 3 is 2.53 bits per heavy atom. The lowest BCUT2D eigenvalue weighted by atomic mass is 9.95. The molecule has 0 aromatic carbocycles. The predicted octanol–water partition coefficient (Wildman–Crippen LogP) is -0.0157. The van der Waals surface area contributed by atoms with E-state index in [0.29, 0.717) is 12.8 Å². The Balaban J connectivity index is 2.55. The monoisotopic (exact) mass is 215 g/mol. The summed E-state index contributed by atoms with van der Waals surface area (Å²) in [6.45, 7) is 1.55. The van der Waals surface area contributed by atoms with Crippen LogP contribution in [0.1, 0.15) is 26.2 Å². The molecule has 5 nitrogen and oxygen atoms in total. The summed E-state index contributed by atoms with van der Waals surface area (Å²) in [6.07, 6.45) is 1.98. The van der Waals surface area contributed by atoms with Gasteiger partial charge in [0.25, 0.3) is 0 Å². The topological polar surface area (TPSA) is 86.6 Å². The Bertz CT molecular complexity index is 254. The zero-order valence-corrected chi connectivity index (χ0v) is 8.77. The summed E-state index contributed by atoms with van der Waals surface area (Å²) >= 11 is 0. The number of carboxylic acids is 1. The molecule has 0 aliphatic heterocycles. The number of nitrogens with one attached hydrogen (secondary N) is 1. The molecule has 3 N–H and O–H groups in total. The second-order valence-corrected chi connectivity index (χ2v) is 4.07. The van der Waals surface area contributed by atoms with E-state index in [9.17, 15) is 9.59 Å². The number of rotatable bonds is 4. The second kappa shape index (κ2) is 5.11. The first-order valence-corrected chi connectivity index (χ1v) is 5.20. The van der Waals surface area contributed by atoms with Crippen molar-refractivity contribution in [1.29, 1.82) is 0 Å². The maximum absolute atomic E-state index is 11.6. The fraction of sp³-hybridized carbons (Fsp3) is 0.800. The zero-order valence-electron chi connectivity index (χ0n) is 8.77. The van der Waals surface area contributed by atoms with Gasteiger partial charge in [-0.15, -0.1) is 0 Å². The first-order chi connectivity index (χ1) is 7.06. The van der Waals surface area contributed by atoms with Crippen molar-refractivity contribution in [3.63, 3.8) is 0 Å². The minimum atomic E-state index is -0.899. The molecule has 3 atom stereocenters. The van der Waals surface area contributed by atoms with Gasteiger partial charge in [-0.3, -0.25) is 9.59 Å². The number of hydrogen-bond donors (Lipinski definition) is 3. The number of hydrogen-bond acceptors (Lipinski definition) is 3. The molecule has 1 fully saturated rings. The molecular formula is C10H17NO4. The van der Waals surface area contributed by atoms with Crippen LogP contribution >= 0.6 is 0 Å². The summed E-state index contributed by atoms with van der Waals surface area (Å²) in [5.74, 6) is -2.14. The lowest BCUT2D eigenvalue weighted by Crippen LogP contribution is -2.41. The molecule has 0 aromatic heterocycles. The standard InChI is InChI=1S/C10H17NO4/c1-6(5-12)11-9(13)7-3-2-4-8(7)10(14)15/h6-8,12H,2-5H2,1H3,(H,11,13)(H,14,15)/t6-,7+,8-/m0/s1. The van der Waals surface area contributed by atoms with Crippen LogP contribution in [0.5, 0.6) is 0 Å². The lowest BCUT2D eigenvalue weighted by Gasteiger charge is -2.18. The van der Waals surface area contributed by atoms with E-state index in [-0.39, 0.29) is 18.6 Å². The molecule has 0 aromatic rings. The first kappa shape index (κ1) is 12.0. The molecule has 1 aliphatic rings. The van der Waals surface area contributed by atoms with Crippen molar-refractivity contribution >= 4 is 11.9 Å². The van der Waals surface area contributed by atoms with Crippen LogP contribution in [0.25, 0.3) is 0 Å². The van der Waals surface area contributed by atoms with Gasteiger partial charge in [0.05, 0.1) is 18.4 Å². The van der Waals surface area contributed by atoms with Gasteiger partial charge in [0, 0.05) is 6.04 Å². The molecule has 0 heterocycles. The highest BCUT2D eigenvalue weighted by atomic mass is 16.4. The summed E-state index contributed by atoms with van der Waals surface area (Å²) in [5.41, 5.74) is 0.